The standard InChI is InChI=1S/C45H27N3O2/c1-4-13-28(14-5-1)32-25-36(42-33-19-10-11-21-37(33)49-40(42)27-32)31-23-24-34-39(26-31)50-38-22-12-20-35(41(34)38)45-47-43(29-15-6-2-7-16-29)46-44(48-45)30-17-8-3-9-18-30/h1-27H. The Bertz CT molecular complexity index is 2800. The average Bonchev–Trinajstić information content (AvgIpc) is 3.76. The van der Waals surface area contributed by atoms with Crippen LogP contribution in [0.4, 0.5) is 0 Å². The van der Waals surface area contributed by atoms with Crippen LogP contribution in [0.1, 0.15) is 0 Å². The fraction of sp³-hybridized carbons (Fsp3) is 0. The zero-order valence-corrected chi connectivity index (χ0v) is 26.7. The Balaban J connectivity index is 1.18. The van der Waals surface area contributed by atoms with Gasteiger partial charge in [0.25, 0.3) is 0 Å². The third kappa shape index (κ3) is 4.67. The van der Waals surface area contributed by atoms with Gasteiger partial charge in [-0.15, -0.1) is 0 Å². The average molecular weight is 642 g/mol. The van der Waals surface area contributed by atoms with Crippen LogP contribution in [0.25, 0.3) is 100 Å². The maximum absolute atomic E-state index is 6.61. The van der Waals surface area contributed by atoms with Crippen molar-refractivity contribution in [2.75, 3.05) is 0 Å². The fourth-order valence-corrected chi connectivity index (χ4v) is 6.99. The SMILES string of the molecule is c1ccc(-c2cc(-c3ccc4c(c3)oc3cccc(-c5nc(-c6ccccc6)nc(-c6ccccc6)n5)c34)c3c(c2)oc2ccccc23)cc1. The minimum absolute atomic E-state index is 0.595. The molecule has 0 saturated heterocycles. The number of hydrogen-bond donors (Lipinski definition) is 0. The fourth-order valence-electron chi connectivity index (χ4n) is 6.99. The smallest absolute Gasteiger partial charge is 0.164 e. The molecule has 0 unspecified atom stereocenters. The van der Waals surface area contributed by atoms with Crippen molar-refractivity contribution in [3.8, 4) is 56.4 Å². The van der Waals surface area contributed by atoms with Crippen molar-refractivity contribution in [1.29, 1.82) is 0 Å². The minimum Gasteiger partial charge on any atom is -0.456 e. The van der Waals surface area contributed by atoms with Crippen LogP contribution in [0, 0.1) is 0 Å². The molecule has 0 N–H and O–H groups in total. The van der Waals surface area contributed by atoms with Crippen molar-refractivity contribution in [3.63, 3.8) is 0 Å². The molecule has 0 radical (unpaired) electrons. The molecular formula is C45H27N3O2. The van der Waals surface area contributed by atoms with Crippen LogP contribution in [0.2, 0.25) is 0 Å². The highest BCUT2D eigenvalue weighted by atomic mass is 16.3. The van der Waals surface area contributed by atoms with E-state index in [-0.39, 0.29) is 0 Å². The van der Waals surface area contributed by atoms with Crippen molar-refractivity contribution in [1.82, 2.24) is 15.0 Å². The monoisotopic (exact) mass is 641 g/mol. The van der Waals surface area contributed by atoms with Gasteiger partial charge in [0.05, 0.1) is 0 Å². The van der Waals surface area contributed by atoms with Gasteiger partial charge in [-0.3, -0.25) is 0 Å². The summed E-state index contributed by atoms with van der Waals surface area (Å²) in [5.74, 6) is 1.84. The molecular weight excluding hydrogens is 615 g/mol. The molecule has 0 aliphatic heterocycles. The number of benzene rings is 7. The molecule has 0 atom stereocenters. The van der Waals surface area contributed by atoms with E-state index in [0.717, 1.165) is 82.8 Å². The number of furan rings is 2. The van der Waals surface area contributed by atoms with E-state index in [0.29, 0.717) is 17.5 Å². The molecule has 0 saturated carbocycles. The van der Waals surface area contributed by atoms with E-state index in [1.807, 2.05) is 91.0 Å². The van der Waals surface area contributed by atoms with Gasteiger partial charge in [-0.1, -0.05) is 127 Å². The van der Waals surface area contributed by atoms with Gasteiger partial charge < -0.3 is 8.83 Å². The first-order chi connectivity index (χ1) is 24.8. The largest absolute Gasteiger partial charge is 0.456 e. The van der Waals surface area contributed by atoms with Crippen LogP contribution in [-0.2, 0) is 0 Å². The van der Waals surface area contributed by atoms with E-state index in [9.17, 15) is 0 Å². The van der Waals surface area contributed by atoms with Gasteiger partial charge in [0.2, 0.25) is 0 Å². The molecule has 3 heterocycles. The lowest BCUT2D eigenvalue weighted by Gasteiger charge is -2.10. The zero-order chi connectivity index (χ0) is 33.0. The van der Waals surface area contributed by atoms with Gasteiger partial charge in [-0.2, -0.15) is 0 Å². The molecule has 10 aromatic rings. The van der Waals surface area contributed by atoms with Crippen molar-refractivity contribution in [3.05, 3.63) is 164 Å². The summed E-state index contributed by atoms with van der Waals surface area (Å²) in [5.41, 5.74) is 10.4. The highest BCUT2D eigenvalue weighted by molar-refractivity contribution is 6.16. The van der Waals surface area contributed by atoms with Crippen molar-refractivity contribution in [2.45, 2.75) is 0 Å². The van der Waals surface area contributed by atoms with Gasteiger partial charge in [-0.25, -0.2) is 15.0 Å². The van der Waals surface area contributed by atoms with Crippen molar-refractivity contribution < 1.29 is 8.83 Å². The lowest BCUT2D eigenvalue weighted by atomic mass is 9.94. The van der Waals surface area contributed by atoms with Crippen LogP contribution in [-0.4, -0.2) is 15.0 Å². The molecule has 5 heteroatoms. The quantitative estimate of drug-likeness (QED) is 0.187. The molecule has 10 rings (SSSR count). The molecule has 0 aliphatic rings. The van der Waals surface area contributed by atoms with E-state index in [4.69, 9.17) is 23.8 Å². The predicted molar refractivity (Wildman–Crippen MR) is 202 cm³/mol. The molecule has 5 nitrogen and oxygen atoms in total. The summed E-state index contributed by atoms with van der Waals surface area (Å²) in [4.78, 5) is 14.9. The minimum atomic E-state index is 0.595. The molecule has 0 amide bonds. The zero-order valence-electron chi connectivity index (χ0n) is 26.7. The van der Waals surface area contributed by atoms with Gasteiger partial charge in [0.15, 0.2) is 17.5 Å². The number of hydrogen-bond acceptors (Lipinski definition) is 5. The van der Waals surface area contributed by atoms with Gasteiger partial charge in [0, 0.05) is 38.2 Å². The lowest BCUT2D eigenvalue weighted by Crippen LogP contribution is -2.00. The van der Waals surface area contributed by atoms with Crippen molar-refractivity contribution in [2.24, 2.45) is 0 Å². The molecule has 0 fully saturated rings. The second-order valence-corrected chi connectivity index (χ2v) is 12.4. The Morgan fingerprint density at radius 1 is 0.300 bits per heavy atom. The maximum Gasteiger partial charge on any atom is 0.164 e. The summed E-state index contributed by atoms with van der Waals surface area (Å²) in [6, 6.07) is 55.7. The first kappa shape index (κ1) is 28.2. The first-order valence-electron chi connectivity index (χ1n) is 16.6. The highest BCUT2D eigenvalue weighted by Crippen LogP contribution is 2.43. The van der Waals surface area contributed by atoms with Crippen LogP contribution in [0.5, 0.6) is 0 Å². The molecule has 234 valence electrons. The van der Waals surface area contributed by atoms with Crippen LogP contribution in [0.3, 0.4) is 0 Å². The second kappa shape index (κ2) is 11.4. The van der Waals surface area contributed by atoms with E-state index in [2.05, 4.69) is 72.8 Å². The molecule has 7 aromatic carbocycles. The highest BCUT2D eigenvalue weighted by Gasteiger charge is 2.20. The summed E-state index contributed by atoms with van der Waals surface area (Å²) in [5, 5.41) is 4.14. The Morgan fingerprint density at radius 3 is 1.56 bits per heavy atom. The van der Waals surface area contributed by atoms with Crippen LogP contribution >= 0.6 is 0 Å². The summed E-state index contributed by atoms with van der Waals surface area (Å²) in [6.07, 6.45) is 0. The van der Waals surface area contributed by atoms with Gasteiger partial charge in [0.1, 0.15) is 22.3 Å². The number of aromatic nitrogens is 3. The number of para-hydroxylation sites is 1. The van der Waals surface area contributed by atoms with E-state index in [1.54, 1.807) is 0 Å². The molecule has 0 aliphatic carbocycles. The predicted octanol–water partition coefficient (Wildman–Crippen LogP) is 12.0. The van der Waals surface area contributed by atoms with E-state index in [1.165, 1.54) is 0 Å². The van der Waals surface area contributed by atoms with Crippen LogP contribution < -0.4 is 0 Å². The van der Waals surface area contributed by atoms with Crippen LogP contribution in [0.15, 0.2) is 173 Å². The topological polar surface area (TPSA) is 65.0 Å². The third-order valence-electron chi connectivity index (χ3n) is 9.33. The molecule has 0 spiro atoms. The lowest BCUT2D eigenvalue weighted by molar-refractivity contribution is 0.668. The summed E-state index contributed by atoms with van der Waals surface area (Å²) in [6.45, 7) is 0. The number of rotatable bonds is 5. The number of fused-ring (bicyclic) bond motifs is 6. The molecule has 3 aromatic heterocycles. The van der Waals surface area contributed by atoms with E-state index < -0.39 is 0 Å². The Kier molecular flexibility index (Phi) is 6.42. The summed E-state index contributed by atoms with van der Waals surface area (Å²) >= 11 is 0. The third-order valence-corrected chi connectivity index (χ3v) is 9.33. The maximum atomic E-state index is 6.61. The summed E-state index contributed by atoms with van der Waals surface area (Å²) < 4.78 is 13.0. The van der Waals surface area contributed by atoms with Crippen molar-refractivity contribution >= 4 is 43.9 Å². The Morgan fingerprint density at radius 2 is 0.840 bits per heavy atom. The van der Waals surface area contributed by atoms with Gasteiger partial charge >= 0.3 is 0 Å². The van der Waals surface area contributed by atoms with E-state index >= 15 is 0 Å². The molecule has 0 bridgehead atoms. The number of nitrogens with zero attached hydrogens (tertiary/aromatic N) is 3. The normalized spacial score (nSPS) is 11.6. The Labute approximate surface area is 287 Å². The first-order valence-corrected chi connectivity index (χ1v) is 16.6. The van der Waals surface area contributed by atoms with Gasteiger partial charge in [-0.05, 0) is 58.7 Å². The Hall–Kier alpha value is -6.85. The summed E-state index contributed by atoms with van der Waals surface area (Å²) in [7, 11) is 0. The second-order valence-electron chi connectivity index (χ2n) is 12.4. The molecule has 50 heavy (non-hydrogen) atoms.